The van der Waals surface area contributed by atoms with Crippen LogP contribution in [-0.4, -0.2) is 20.0 Å². The zero-order valence-electron chi connectivity index (χ0n) is 7.88. The van der Waals surface area contributed by atoms with Gasteiger partial charge in [-0.3, -0.25) is 4.98 Å². The Balaban J connectivity index is 2.52. The van der Waals surface area contributed by atoms with Gasteiger partial charge in [0.15, 0.2) is 5.82 Å². The highest BCUT2D eigenvalue weighted by Gasteiger charge is 2.08. The standard InChI is InChI=1S/C9H11N5/c1-2-8-9(10)12-13-14(8)7-4-3-5-11-6-7/h3-6H,2,10H2,1H3. The van der Waals surface area contributed by atoms with E-state index in [0.717, 1.165) is 17.8 Å². The molecule has 2 N–H and O–H groups in total. The number of nitrogen functional groups attached to an aromatic ring is 1. The monoisotopic (exact) mass is 189 g/mol. The second-order valence-corrected chi connectivity index (χ2v) is 2.90. The average molecular weight is 189 g/mol. The topological polar surface area (TPSA) is 69.6 Å². The first-order valence-electron chi connectivity index (χ1n) is 4.43. The first-order valence-corrected chi connectivity index (χ1v) is 4.43. The molecule has 0 bridgehead atoms. The van der Waals surface area contributed by atoms with E-state index in [1.165, 1.54) is 0 Å². The summed E-state index contributed by atoms with van der Waals surface area (Å²) >= 11 is 0. The Labute approximate surface area is 81.6 Å². The quantitative estimate of drug-likeness (QED) is 0.758. The van der Waals surface area contributed by atoms with Crippen LogP contribution in [0.3, 0.4) is 0 Å². The summed E-state index contributed by atoms with van der Waals surface area (Å²) < 4.78 is 1.71. The van der Waals surface area contributed by atoms with E-state index in [9.17, 15) is 0 Å². The van der Waals surface area contributed by atoms with Gasteiger partial charge in [-0.05, 0) is 18.6 Å². The van der Waals surface area contributed by atoms with Crippen molar-refractivity contribution in [2.45, 2.75) is 13.3 Å². The van der Waals surface area contributed by atoms with Crippen LogP contribution < -0.4 is 5.73 Å². The lowest BCUT2D eigenvalue weighted by molar-refractivity contribution is 0.764. The van der Waals surface area contributed by atoms with Crippen LogP contribution in [0.25, 0.3) is 5.69 Å². The Kier molecular flexibility index (Phi) is 2.14. The Hall–Kier alpha value is -1.91. The van der Waals surface area contributed by atoms with Crippen LogP contribution in [0.5, 0.6) is 0 Å². The lowest BCUT2D eigenvalue weighted by Gasteiger charge is -2.02. The molecule has 0 unspecified atom stereocenters. The second kappa shape index (κ2) is 3.45. The molecule has 2 aromatic heterocycles. The molecule has 2 heterocycles. The summed E-state index contributed by atoms with van der Waals surface area (Å²) in [6, 6.07) is 3.77. The van der Waals surface area contributed by atoms with Gasteiger partial charge in [-0.25, -0.2) is 4.68 Å². The molecule has 0 saturated heterocycles. The Morgan fingerprint density at radius 1 is 1.50 bits per heavy atom. The van der Waals surface area contributed by atoms with Crippen molar-refractivity contribution < 1.29 is 0 Å². The van der Waals surface area contributed by atoms with Crippen molar-refractivity contribution in [3.63, 3.8) is 0 Å². The predicted molar refractivity (Wildman–Crippen MR) is 52.9 cm³/mol. The van der Waals surface area contributed by atoms with Crippen LogP contribution in [0.2, 0.25) is 0 Å². The summed E-state index contributed by atoms with van der Waals surface area (Å²) in [6.45, 7) is 2.02. The fraction of sp³-hybridized carbons (Fsp3) is 0.222. The second-order valence-electron chi connectivity index (χ2n) is 2.90. The van der Waals surface area contributed by atoms with Crippen LogP contribution >= 0.6 is 0 Å². The lowest BCUT2D eigenvalue weighted by atomic mass is 10.3. The molecule has 0 aliphatic rings. The van der Waals surface area contributed by atoms with Gasteiger partial charge in [0, 0.05) is 6.20 Å². The molecule has 2 rings (SSSR count). The molecule has 0 amide bonds. The number of nitrogens with zero attached hydrogens (tertiary/aromatic N) is 4. The molecule has 0 radical (unpaired) electrons. The van der Waals surface area contributed by atoms with E-state index < -0.39 is 0 Å². The van der Waals surface area contributed by atoms with Gasteiger partial charge in [0.1, 0.15) is 0 Å². The molecule has 0 spiro atoms. The Bertz CT molecular complexity index is 420. The Morgan fingerprint density at radius 2 is 2.36 bits per heavy atom. The van der Waals surface area contributed by atoms with Crippen LogP contribution in [0.15, 0.2) is 24.5 Å². The number of rotatable bonds is 2. The minimum Gasteiger partial charge on any atom is -0.381 e. The van der Waals surface area contributed by atoms with Gasteiger partial charge in [0.2, 0.25) is 0 Å². The van der Waals surface area contributed by atoms with Gasteiger partial charge < -0.3 is 5.73 Å². The third-order valence-corrected chi connectivity index (χ3v) is 2.02. The fourth-order valence-electron chi connectivity index (χ4n) is 1.33. The van der Waals surface area contributed by atoms with Crippen LogP contribution in [0, 0.1) is 0 Å². The number of anilines is 1. The first kappa shape index (κ1) is 8.68. The highest BCUT2D eigenvalue weighted by molar-refractivity contribution is 5.39. The minimum absolute atomic E-state index is 0.483. The van der Waals surface area contributed by atoms with Crippen molar-refractivity contribution >= 4 is 5.82 Å². The third kappa shape index (κ3) is 1.32. The predicted octanol–water partition coefficient (Wildman–Crippen LogP) is 0.807. The fourth-order valence-corrected chi connectivity index (χ4v) is 1.33. The van der Waals surface area contributed by atoms with Crippen molar-refractivity contribution in [1.29, 1.82) is 0 Å². The normalized spacial score (nSPS) is 10.4. The number of hydrogen-bond acceptors (Lipinski definition) is 4. The molecule has 0 saturated carbocycles. The van der Waals surface area contributed by atoms with Gasteiger partial charge in [0.05, 0.1) is 17.6 Å². The lowest BCUT2D eigenvalue weighted by Crippen LogP contribution is -2.02. The molecular formula is C9H11N5. The molecule has 0 aliphatic heterocycles. The zero-order chi connectivity index (χ0) is 9.97. The van der Waals surface area contributed by atoms with Gasteiger partial charge in [0.25, 0.3) is 0 Å². The largest absolute Gasteiger partial charge is 0.381 e. The molecule has 5 nitrogen and oxygen atoms in total. The molecule has 0 aromatic carbocycles. The summed E-state index contributed by atoms with van der Waals surface area (Å²) in [5.74, 6) is 0.483. The van der Waals surface area contributed by atoms with Crippen molar-refractivity contribution in [3.05, 3.63) is 30.2 Å². The van der Waals surface area contributed by atoms with E-state index in [1.807, 2.05) is 19.1 Å². The van der Waals surface area contributed by atoms with Gasteiger partial charge in [-0.2, -0.15) is 0 Å². The molecule has 0 aliphatic carbocycles. The van der Waals surface area contributed by atoms with Crippen molar-refractivity contribution in [3.8, 4) is 5.69 Å². The average Bonchev–Trinajstić information content (AvgIpc) is 2.61. The Morgan fingerprint density at radius 3 is 3.00 bits per heavy atom. The van der Waals surface area contributed by atoms with E-state index >= 15 is 0 Å². The SMILES string of the molecule is CCc1c(N)nnn1-c1cccnc1. The highest BCUT2D eigenvalue weighted by Crippen LogP contribution is 2.13. The van der Waals surface area contributed by atoms with Crippen molar-refractivity contribution in [1.82, 2.24) is 20.0 Å². The molecule has 0 atom stereocenters. The summed E-state index contributed by atoms with van der Waals surface area (Å²) in [5.41, 5.74) is 7.47. The van der Waals surface area contributed by atoms with Crippen LogP contribution in [-0.2, 0) is 6.42 Å². The molecule has 14 heavy (non-hydrogen) atoms. The van der Waals surface area contributed by atoms with Crippen molar-refractivity contribution in [2.75, 3.05) is 5.73 Å². The number of nitrogens with two attached hydrogens (primary N) is 1. The van der Waals surface area contributed by atoms with Crippen LogP contribution in [0.1, 0.15) is 12.6 Å². The zero-order valence-corrected chi connectivity index (χ0v) is 7.88. The molecule has 5 heteroatoms. The molecule has 0 fully saturated rings. The maximum atomic E-state index is 5.67. The third-order valence-electron chi connectivity index (χ3n) is 2.02. The van der Waals surface area contributed by atoms with E-state index in [4.69, 9.17) is 5.73 Å². The smallest absolute Gasteiger partial charge is 0.169 e. The summed E-state index contributed by atoms with van der Waals surface area (Å²) in [5, 5.41) is 7.79. The van der Waals surface area contributed by atoms with Crippen LogP contribution in [0.4, 0.5) is 5.82 Å². The maximum Gasteiger partial charge on any atom is 0.169 e. The minimum atomic E-state index is 0.483. The number of pyridine rings is 1. The highest BCUT2D eigenvalue weighted by atomic mass is 15.4. The summed E-state index contributed by atoms with van der Waals surface area (Å²) in [6.07, 6.45) is 4.25. The number of aromatic nitrogens is 4. The molecule has 2 aromatic rings. The summed E-state index contributed by atoms with van der Waals surface area (Å²) in [4.78, 5) is 4.02. The van der Waals surface area contributed by atoms with Crippen molar-refractivity contribution in [2.24, 2.45) is 0 Å². The molecular weight excluding hydrogens is 178 g/mol. The van der Waals surface area contributed by atoms with Gasteiger partial charge in [-0.15, -0.1) is 5.10 Å². The van der Waals surface area contributed by atoms with E-state index in [-0.39, 0.29) is 0 Å². The molecule has 72 valence electrons. The number of hydrogen-bond donors (Lipinski definition) is 1. The maximum absolute atomic E-state index is 5.67. The van der Waals surface area contributed by atoms with E-state index in [2.05, 4.69) is 15.3 Å². The summed E-state index contributed by atoms with van der Waals surface area (Å²) in [7, 11) is 0. The first-order chi connectivity index (χ1) is 6.83. The van der Waals surface area contributed by atoms with E-state index in [1.54, 1.807) is 17.1 Å². The van der Waals surface area contributed by atoms with Gasteiger partial charge in [-0.1, -0.05) is 12.1 Å². The van der Waals surface area contributed by atoms with Gasteiger partial charge >= 0.3 is 0 Å². The van der Waals surface area contributed by atoms with E-state index in [0.29, 0.717) is 5.82 Å².